The molecule has 0 atom stereocenters. The van der Waals surface area contributed by atoms with Crippen LogP contribution in [-0.4, -0.2) is 75.2 Å². The van der Waals surface area contributed by atoms with Gasteiger partial charge in [0.15, 0.2) is 0 Å². The second-order valence-corrected chi connectivity index (χ2v) is 15.3. The average Bonchev–Trinajstić information content (AvgIpc) is 3.13. The Hall–Kier alpha value is -3.10. The fourth-order valence-corrected chi connectivity index (χ4v) is 6.79. The van der Waals surface area contributed by atoms with Gasteiger partial charge in [0.25, 0.3) is 0 Å². The third-order valence-corrected chi connectivity index (χ3v) is 10.1. The second kappa shape index (κ2) is 31.3. The Labute approximate surface area is 325 Å². The number of urea groups is 2. The molecule has 0 aliphatic carbocycles. The Kier molecular flexibility index (Phi) is 27.2. The lowest BCUT2D eigenvalue weighted by molar-refractivity contribution is 0.248. The third-order valence-electron chi connectivity index (χ3n) is 10.1. The molecule has 300 valence electrons. The predicted molar refractivity (Wildman–Crippen MR) is 228 cm³/mol. The second-order valence-electron chi connectivity index (χ2n) is 15.3. The summed E-state index contributed by atoms with van der Waals surface area (Å²) in [7, 11) is 4.26. The predicted octanol–water partition coefficient (Wildman–Crippen LogP) is 11.2. The molecule has 8 heteroatoms. The van der Waals surface area contributed by atoms with Crippen LogP contribution in [0.25, 0.3) is 0 Å². The highest BCUT2D eigenvalue weighted by molar-refractivity contribution is 5.90. The summed E-state index contributed by atoms with van der Waals surface area (Å²) in [6, 6.07) is 15.5. The Balaban J connectivity index is 1.58. The Morgan fingerprint density at radius 1 is 0.472 bits per heavy atom. The van der Waals surface area contributed by atoms with E-state index in [0.717, 1.165) is 48.7 Å². The summed E-state index contributed by atoms with van der Waals surface area (Å²) in [5, 5.41) is 12.0. The summed E-state index contributed by atoms with van der Waals surface area (Å²) in [6.07, 6.45) is 27.6. The van der Waals surface area contributed by atoms with Gasteiger partial charge >= 0.3 is 12.1 Å². The molecule has 2 aromatic rings. The van der Waals surface area contributed by atoms with E-state index in [-0.39, 0.29) is 12.1 Å². The zero-order valence-electron chi connectivity index (χ0n) is 34.4. The number of nitrogens with zero attached hydrogens (tertiary/aromatic N) is 2. The highest BCUT2D eigenvalue weighted by atomic mass is 16.2. The van der Waals surface area contributed by atoms with Gasteiger partial charge in [0.05, 0.1) is 0 Å². The monoisotopic (exact) mass is 735 g/mol. The number of carbonyl (C=O) groups is 2. The number of nitrogens with one attached hydrogen (secondary N) is 4. The van der Waals surface area contributed by atoms with Crippen LogP contribution in [0.3, 0.4) is 0 Å². The minimum Gasteiger partial charge on any atom is -0.337 e. The average molecular weight is 735 g/mol. The van der Waals surface area contributed by atoms with Crippen LogP contribution in [0.4, 0.5) is 21.0 Å². The zero-order valence-corrected chi connectivity index (χ0v) is 34.4. The number of hydrogen-bond acceptors (Lipinski definition) is 4. The summed E-state index contributed by atoms with van der Waals surface area (Å²) < 4.78 is 0. The number of carbonyl (C=O) groups excluding carboxylic acids is 2. The van der Waals surface area contributed by atoms with Gasteiger partial charge in [-0.15, -0.1) is 0 Å². The van der Waals surface area contributed by atoms with Gasteiger partial charge in [0.1, 0.15) is 0 Å². The van der Waals surface area contributed by atoms with Crippen LogP contribution in [-0.2, 0) is 6.42 Å². The van der Waals surface area contributed by atoms with Gasteiger partial charge < -0.3 is 31.1 Å². The first kappa shape index (κ1) is 46.1. The molecule has 0 spiro atoms. The van der Waals surface area contributed by atoms with Crippen molar-refractivity contribution >= 4 is 23.4 Å². The summed E-state index contributed by atoms with van der Waals surface area (Å²) in [5.41, 5.74) is 3.72. The van der Waals surface area contributed by atoms with Crippen molar-refractivity contribution in [2.24, 2.45) is 0 Å². The van der Waals surface area contributed by atoms with Crippen LogP contribution in [0.2, 0.25) is 0 Å². The van der Waals surface area contributed by atoms with Crippen LogP contribution >= 0.6 is 0 Å². The lowest BCUT2D eigenvalue weighted by Gasteiger charge is -2.17. The molecule has 2 rings (SSSR count). The zero-order chi connectivity index (χ0) is 38.2. The van der Waals surface area contributed by atoms with E-state index < -0.39 is 0 Å². The van der Waals surface area contributed by atoms with E-state index in [1.54, 1.807) is 0 Å². The Morgan fingerprint density at radius 2 is 0.811 bits per heavy atom. The van der Waals surface area contributed by atoms with Gasteiger partial charge in [-0.1, -0.05) is 154 Å². The number of rotatable bonds is 32. The van der Waals surface area contributed by atoms with Crippen LogP contribution in [0, 0.1) is 0 Å². The lowest BCUT2D eigenvalue weighted by Crippen LogP contribution is -2.35. The quantitative estimate of drug-likeness (QED) is 0.0564. The molecule has 8 nitrogen and oxygen atoms in total. The summed E-state index contributed by atoms with van der Waals surface area (Å²) in [4.78, 5) is 29.8. The van der Waals surface area contributed by atoms with Gasteiger partial charge in [0, 0.05) is 37.6 Å². The van der Waals surface area contributed by atoms with Gasteiger partial charge in [-0.3, -0.25) is 0 Å². The summed E-state index contributed by atoms with van der Waals surface area (Å²) in [6.45, 7) is 9.59. The first-order valence-electron chi connectivity index (χ1n) is 21.5. The maximum atomic E-state index is 12.6. The van der Waals surface area contributed by atoms with E-state index in [2.05, 4.69) is 71.1 Å². The highest BCUT2D eigenvalue weighted by Gasteiger charge is 2.07. The van der Waals surface area contributed by atoms with E-state index >= 15 is 0 Å². The molecule has 4 N–H and O–H groups in total. The van der Waals surface area contributed by atoms with Crippen molar-refractivity contribution in [2.75, 3.05) is 64.0 Å². The lowest BCUT2D eigenvalue weighted by atomic mass is 10.0. The SMILES string of the molecule is CCCCCCCCCCCCN(C)CCNC(=O)Nc1cccc(Cc2cccc(NC(=O)NCCN(C)CCCCCCCCCCCC)c2)c1. The van der Waals surface area contributed by atoms with Crippen LogP contribution in [0.1, 0.15) is 153 Å². The molecule has 0 radical (unpaired) electrons. The van der Waals surface area contributed by atoms with E-state index in [1.165, 1.54) is 128 Å². The molecule has 53 heavy (non-hydrogen) atoms. The van der Waals surface area contributed by atoms with Gasteiger partial charge in [-0.05, 0) is 81.8 Å². The maximum absolute atomic E-state index is 12.6. The number of anilines is 2. The van der Waals surface area contributed by atoms with Crippen LogP contribution < -0.4 is 21.3 Å². The normalized spacial score (nSPS) is 11.3. The standard InChI is InChI=1S/C45H78N6O2/c1-5-7-9-11-13-15-17-19-21-23-33-50(3)35-31-46-44(52)48-42-29-25-27-40(38-42)37-41-28-26-30-43(39-41)49-45(53)47-32-36-51(4)34-24-22-20-18-16-14-12-10-8-6-2/h25-30,38-39H,5-24,31-37H2,1-4H3,(H2,46,48,52)(H2,47,49,53). The molecule has 0 unspecified atom stereocenters. The number of likely N-dealkylation sites (N-methyl/N-ethyl adjacent to an activating group) is 2. The van der Waals surface area contributed by atoms with Gasteiger partial charge in [-0.2, -0.15) is 0 Å². The van der Waals surface area contributed by atoms with E-state index in [0.29, 0.717) is 19.5 Å². The first-order chi connectivity index (χ1) is 25.9. The fraction of sp³-hybridized carbons (Fsp3) is 0.689. The molecule has 0 saturated heterocycles. The molecule has 0 aromatic heterocycles. The largest absolute Gasteiger partial charge is 0.337 e. The number of hydrogen-bond donors (Lipinski definition) is 4. The minimum atomic E-state index is -0.184. The van der Waals surface area contributed by atoms with E-state index in [9.17, 15) is 9.59 Å². The van der Waals surface area contributed by atoms with Gasteiger partial charge in [0.2, 0.25) is 0 Å². The van der Waals surface area contributed by atoms with Crippen molar-refractivity contribution < 1.29 is 9.59 Å². The molecule has 4 amide bonds. The van der Waals surface area contributed by atoms with Crippen molar-refractivity contribution in [2.45, 2.75) is 149 Å². The number of unbranched alkanes of at least 4 members (excludes halogenated alkanes) is 18. The molecule has 0 aliphatic heterocycles. The maximum Gasteiger partial charge on any atom is 0.319 e. The summed E-state index contributed by atoms with van der Waals surface area (Å²) in [5.74, 6) is 0. The topological polar surface area (TPSA) is 88.7 Å². The van der Waals surface area contributed by atoms with Crippen molar-refractivity contribution in [3.8, 4) is 0 Å². The Bertz CT molecular complexity index is 1120. The molecule has 0 bridgehead atoms. The van der Waals surface area contributed by atoms with Crippen molar-refractivity contribution in [1.29, 1.82) is 0 Å². The van der Waals surface area contributed by atoms with Gasteiger partial charge in [-0.25, -0.2) is 9.59 Å². The fourth-order valence-electron chi connectivity index (χ4n) is 6.79. The van der Waals surface area contributed by atoms with E-state index in [1.807, 2.05) is 36.4 Å². The molecule has 0 heterocycles. The minimum absolute atomic E-state index is 0.184. The number of amides is 4. The van der Waals surface area contributed by atoms with Crippen LogP contribution in [0.15, 0.2) is 48.5 Å². The van der Waals surface area contributed by atoms with Crippen molar-refractivity contribution in [3.63, 3.8) is 0 Å². The first-order valence-corrected chi connectivity index (χ1v) is 21.5. The molecule has 0 fully saturated rings. The molecule has 2 aromatic carbocycles. The summed E-state index contributed by atoms with van der Waals surface area (Å²) >= 11 is 0. The van der Waals surface area contributed by atoms with E-state index in [4.69, 9.17) is 0 Å². The molecule has 0 saturated carbocycles. The van der Waals surface area contributed by atoms with Crippen LogP contribution in [0.5, 0.6) is 0 Å². The molecule has 0 aliphatic rings. The molecular formula is C45H78N6O2. The van der Waals surface area contributed by atoms with Crippen molar-refractivity contribution in [3.05, 3.63) is 59.7 Å². The third kappa shape index (κ3) is 25.5. The highest BCUT2D eigenvalue weighted by Crippen LogP contribution is 2.18. The smallest absolute Gasteiger partial charge is 0.319 e. The number of benzene rings is 2. The Morgan fingerprint density at radius 3 is 1.17 bits per heavy atom. The molecular weight excluding hydrogens is 657 g/mol. The van der Waals surface area contributed by atoms with Crippen molar-refractivity contribution in [1.82, 2.24) is 20.4 Å².